The van der Waals surface area contributed by atoms with Crippen LogP contribution in [0.5, 0.6) is 5.75 Å². The smallest absolute Gasteiger partial charge is 0.119 e. The minimum absolute atomic E-state index is 0.399. The second-order valence-corrected chi connectivity index (χ2v) is 5.76. The monoisotopic (exact) mass is 310 g/mol. The summed E-state index contributed by atoms with van der Waals surface area (Å²) in [4.78, 5) is 0. The number of aliphatic hydroxyl groups is 1. The molecule has 0 saturated carbocycles. The van der Waals surface area contributed by atoms with Gasteiger partial charge in [0.1, 0.15) is 5.75 Å². The first kappa shape index (κ1) is 15.2. The van der Waals surface area contributed by atoms with E-state index in [9.17, 15) is 5.11 Å². The maximum Gasteiger partial charge on any atom is 0.119 e. The number of rotatable bonds is 4. The van der Waals surface area contributed by atoms with Gasteiger partial charge in [0.05, 0.1) is 12.7 Å². The zero-order valence-corrected chi connectivity index (χ0v) is 12.9. The minimum atomic E-state index is -1.04. The molecular formula is C16H16Cl2O2. The van der Waals surface area contributed by atoms with Gasteiger partial charge in [0.25, 0.3) is 0 Å². The molecule has 0 heterocycles. The van der Waals surface area contributed by atoms with Crippen LogP contribution in [0, 0.1) is 0 Å². The van der Waals surface area contributed by atoms with Crippen molar-refractivity contribution < 1.29 is 9.84 Å². The van der Waals surface area contributed by atoms with Crippen LogP contribution in [-0.4, -0.2) is 12.2 Å². The van der Waals surface area contributed by atoms with Crippen molar-refractivity contribution in [3.63, 3.8) is 0 Å². The zero-order chi connectivity index (χ0) is 14.8. The lowest BCUT2D eigenvalue weighted by atomic mass is 9.89. The lowest BCUT2D eigenvalue weighted by molar-refractivity contribution is 0.0574. The van der Waals surface area contributed by atoms with Crippen LogP contribution in [0.4, 0.5) is 0 Å². The summed E-state index contributed by atoms with van der Waals surface area (Å²) in [5.41, 5.74) is 0.596. The molecule has 0 bridgehead atoms. The summed E-state index contributed by atoms with van der Waals surface area (Å²) in [5, 5.41) is 11.8. The fourth-order valence-electron chi connectivity index (χ4n) is 2.10. The van der Waals surface area contributed by atoms with Crippen molar-refractivity contribution in [2.45, 2.75) is 18.9 Å². The van der Waals surface area contributed by atoms with E-state index in [1.807, 2.05) is 30.3 Å². The highest BCUT2D eigenvalue weighted by Gasteiger charge is 2.25. The van der Waals surface area contributed by atoms with Gasteiger partial charge in [-0.1, -0.05) is 41.4 Å². The molecule has 0 saturated heterocycles. The predicted octanol–water partition coefficient (Wildman–Crippen LogP) is 4.45. The van der Waals surface area contributed by atoms with Crippen molar-refractivity contribution in [1.29, 1.82) is 0 Å². The fourth-order valence-corrected chi connectivity index (χ4v) is 2.57. The average molecular weight is 311 g/mol. The third-order valence-electron chi connectivity index (χ3n) is 3.24. The molecule has 0 amide bonds. The molecule has 1 N–H and O–H groups in total. The number of halogens is 2. The van der Waals surface area contributed by atoms with Crippen LogP contribution >= 0.6 is 23.2 Å². The summed E-state index contributed by atoms with van der Waals surface area (Å²) in [7, 11) is 1.60. The van der Waals surface area contributed by atoms with E-state index in [4.69, 9.17) is 27.9 Å². The maximum atomic E-state index is 10.7. The molecule has 0 aliphatic heterocycles. The van der Waals surface area contributed by atoms with Gasteiger partial charge in [0, 0.05) is 16.5 Å². The summed E-state index contributed by atoms with van der Waals surface area (Å²) in [6, 6.07) is 12.7. The van der Waals surface area contributed by atoms with Crippen LogP contribution in [0.3, 0.4) is 0 Å². The van der Waals surface area contributed by atoms with Crippen LogP contribution in [0.25, 0.3) is 0 Å². The molecule has 1 unspecified atom stereocenters. The van der Waals surface area contributed by atoms with Crippen molar-refractivity contribution in [2.75, 3.05) is 7.11 Å². The molecule has 2 aromatic rings. The molecule has 2 aromatic carbocycles. The van der Waals surface area contributed by atoms with Crippen molar-refractivity contribution in [3.05, 3.63) is 63.6 Å². The standard InChI is InChI=1S/C16H16Cl2O2/c1-16(19,12-4-3-5-14(8-12)20-2)10-11-6-7-13(17)9-15(11)18/h3-9,19H,10H2,1-2H3. The Morgan fingerprint density at radius 2 is 1.90 bits per heavy atom. The minimum Gasteiger partial charge on any atom is -0.497 e. The Bertz CT molecular complexity index is 609. The maximum absolute atomic E-state index is 10.7. The number of methoxy groups -OCH3 is 1. The quantitative estimate of drug-likeness (QED) is 0.904. The Labute approximate surface area is 128 Å². The lowest BCUT2D eigenvalue weighted by Gasteiger charge is -2.25. The zero-order valence-electron chi connectivity index (χ0n) is 11.4. The first-order valence-corrected chi connectivity index (χ1v) is 6.99. The van der Waals surface area contributed by atoms with Gasteiger partial charge in [0.2, 0.25) is 0 Å². The van der Waals surface area contributed by atoms with Gasteiger partial charge in [0.15, 0.2) is 0 Å². The fraction of sp³-hybridized carbons (Fsp3) is 0.250. The number of benzene rings is 2. The molecule has 0 aromatic heterocycles. The van der Waals surface area contributed by atoms with Crippen LogP contribution in [0.15, 0.2) is 42.5 Å². The van der Waals surface area contributed by atoms with Crippen LogP contribution < -0.4 is 4.74 Å². The van der Waals surface area contributed by atoms with Crippen molar-refractivity contribution in [3.8, 4) is 5.75 Å². The van der Waals surface area contributed by atoms with Crippen LogP contribution in [0.1, 0.15) is 18.1 Å². The summed E-state index contributed by atoms with van der Waals surface area (Å²) in [6.07, 6.45) is 0.399. The van der Waals surface area contributed by atoms with Gasteiger partial charge in [-0.2, -0.15) is 0 Å². The molecule has 2 nitrogen and oxygen atoms in total. The molecular weight excluding hydrogens is 295 g/mol. The van der Waals surface area contributed by atoms with E-state index in [2.05, 4.69) is 0 Å². The van der Waals surface area contributed by atoms with Crippen LogP contribution in [-0.2, 0) is 12.0 Å². The van der Waals surface area contributed by atoms with E-state index in [-0.39, 0.29) is 0 Å². The highest BCUT2D eigenvalue weighted by atomic mass is 35.5. The Morgan fingerprint density at radius 1 is 1.15 bits per heavy atom. The molecule has 0 radical (unpaired) electrons. The Hall–Kier alpha value is -1.22. The normalized spacial score (nSPS) is 13.8. The van der Waals surface area contributed by atoms with Gasteiger partial charge < -0.3 is 9.84 Å². The highest BCUT2D eigenvalue weighted by Crippen LogP contribution is 2.31. The summed E-state index contributed by atoms with van der Waals surface area (Å²) < 4.78 is 5.19. The molecule has 0 aliphatic rings. The van der Waals surface area contributed by atoms with Gasteiger partial charge in [-0.3, -0.25) is 0 Å². The average Bonchev–Trinajstić information content (AvgIpc) is 2.42. The van der Waals surface area contributed by atoms with E-state index in [1.165, 1.54) is 0 Å². The second kappa shape index (κ2) is 6.04. The number of hydrogen-bond donors (Lipinski definition) is 1. The summed E-state index contributed by atoms with van der Waals surface area (Å²) in [5.74, 6) is 0.713. The SMILES string of the molecule is COc1cccc(C(C)(O)Cc2ccc(Cl)cc2Cl)c1. The second-order valence-electron chi connectivity index (χ2n) is 4.92. The van der Waals surface area contributed by atoms with Crippen molar-refractivity contribution >= 4 is 23.2 Å². The number of ether oxygens (including phenoxy) is 1. The third-order valence-corrected chi connectivity index (χ3v) is 3.83. The lowest BCUT2D eigenvalue weighted by Crippen LogP contribution is -2.24. The van der Waals surface area contributed by atoms with Gasteiger partial charge in [-0.05, 0) is 42.3 Å². The summed E-state index contributed by atoms with van der Waals surface area (Å²) in [6.45, 7) is 1.76. The van der Waals surface area contributed by atoms with E-state index < -0.39 is 5.60 Å². The van der Waals surface area contributed by atoms with E-state index >= 15 is 0 Å². The van der Waals surface area contributed by atoms with Gasteiger partial charge in [-0.15, -0.1) is 0 Å². The first-order valence-electron chi connectivity index (χ1n) is 6.23. The van der Waals surface area contributed by atoms with E-state index in [1.54, 1.807) is 26.2 Å². The largest absolute Gasteiger partial charge is 0.497 e. The predicted molar refractivity (Wildman–Crippen MR) is 82.7 cm³/mol. The molecule has 0 fully saturated rings. The van der Waals surface area contributed by atoms with Gasteiger partial charge in [-0.25, -0.2) is 0 Å². The van der Waals surface area contributed by atoms with Crippen LogP contribution in [0.2, 0.25) is 10.0 Å². The van der Waals surface area contributed by atoms with Gasteiger partial charge >= 0.3 is 0 Å². The molecule has 20 heavy (non-hydrogen) atoms. The number of hydrogen-bond acceptors (Lipinski definition) is 2. The Kier molecular flexibility index (Phi) is 4.59. The molecule has 106 valence electrons. The first-order chi connectivity index (χ1) is 9.42. The topological polar surface area (TPSA) is 29.5 Å². The molecule has 0 spiro atoms. The molecule has 4 heteroatoms. The molecule has 0 aliphatic carbocycles. The van der Waals surface area contributed by atoms with E-state index in [0.29, 0.717) is 22.2 Å². The van der Waals surface area contributed by atoms with Crippen molar-refractivity contribution in [1.82, 2.24) is 0 Å². The highest BCUT2D eigenvalue weighted by molar-refractivity contribution is 6.35. The Morgan fingerprint density at radius 3 is 2.55 bits per heavy atom. The Balaban J connectivity index is 2.29. The van der Waals surface area contributed by atoms with Crippen molar-refractivity contribution in [2.24, 2.45) is 0 Å². The molecule has 2 rings (SSSR count). The third kappa shape index (κ3) is 3.45. The van der Waals surface area contributed by atoms with E-state index in [0.717, 1.165) is 11.1 Å². The summed E-state index contributed by atoms with van der Waals surface area (Å²) >= 11 is 12.0. The molecule has 1 atom stereocenters.